The fourth-order valence-electron chi connectivity index (χ4n) is 3.87. The molecule has 0 aliphatic heterocycles. The van der Waals surface area contributed by atoms with E-state index in [-0.39, 0.29) is 10.2 Å². The lowest BCUT2D eigenvalue weighted by Gasteiger charge is -2.36. The van der Waals surface area contributed by atoms with Gasteiger partial charge in [-0.05, 0) is 65.4 Å². The summed E-state index contributed by atoms with van der Waals surface area (Å²) in [5.74, 6) is 0. The summed E-state index contributed by atoms with van der Waals surface area (Å²) in [4.78, 5) is 0. The molecule has 0 radical (unpaired) electrons. The first kappa shape index (κ1) is 21.2. The van der Waals surface area contributed by atoms with Gasteiger partial charge in [0.15, 0.2) is 0 Å². The van der Waals surface area contributed by atoms with Crippen LogP contribution in [0, 0.1) is 12.3 Å². The van der Waals surface area contributed by atoms with Crippen LogP contribution < -0.4 is 0 Å². The maximum atomic E-state index is 12.8. The first-order valence-corrected chi connectivity index (χ1v) is 11.0. The highest BCUT2D eigenvalue weighted by atomic mass is 32.2. The van der Waals surface area contributed by atoms with E-state index in [1.807, 2.05) is 26.8 Å². The predicted octanol–water partition coefficient (Wildman–Crippen LogP) is 6.36. The van der Waals surface area contributed by atoms with Crippen molar-refractivity contribution >= 4 is 17.1 Å². The van der Waals surface area contributed by atoms with Crippen molar-refractivity contribution in [3.63, 3.8) is 0 Å². The van der Waals surface area contributed by atoms with E-state index in [4.69, 9.17) is 4.40 Å². The lowest BCUT2D eigenvalue weighted by atomic mass is 9.68. The van der Waals surface area contributed by atoms with Gasteiger partial charge in [0.2, 0.25) is 0 Å². The molecule has 1 aliphatic carbocycles. The van der Waals surface area contributed by atoms with Gasteiger partial charge in [-0.3, -0.25) is 0 Å². The van der Waals surface area contributed by atoms with Gasteiger partial charge in [-0.15, -0.1) is 6.58 Å². The van der Waals surface area contributed by atoms with Crippen molar-refractivity contribution in [1.29, 1.82) is 0 Å². The molecule has 1 saturated carbocycles. The van der Waals surface area contributed by atoms with E-state index in [9.17, 15) is 4.55 Å². The van der Waals surface area contributed by atoms with Crippen LogP contribution in [0.15, 0.2) is 41.3 Å². The van der Waals surface area contributed by atoms with Gasteiger partial charge in [-0.2, -0.15) is 0 Å². The highest BCUT2D eigenvalue weighted by Gasteiger charge is 2.38. The van der Waals surface area contributed by atoms with Crippen molar-refractivity contribution in [2.75, 3.05) is 0 Å². The van der Waals surface area contributed by atoms with Gasteiger partial charge in [0.1, 0.15) is 16.1 Å². The van der Waals surface area contributed by atoms with Crippen molar-refractivity contribution in [1.82, 2.24) is 0 Å². The highest BCUT2D eigenvalue weighted by molar-refractivity contribution is 7.91. The Labute approximate surface area is 163 Å². The molecule has 0 N–H and O–H groups in total. The van der Waals surface area contributed by atoms with Crippen molar-refractivity contribution in [3.8, 4) is 0 Å². The minimum absolute atomic E-state index is 0.0448. The molecule has 1 unspecified atom stereocenters. The molecule has 144 valence electrons. The molecule has 1 aliphatic rings. The quantitative estimate of drug-likeness (QED) is 0.437. The molecule has 1 fully saturated rings. The number of aryl methyl sites for hydroxylation is 1. The molecule has 2 atom stereocenters. The lowest BCUT2D eigenvalue weighted by Crippen LogP contribution is -2.37. The third-order valence-electron chi connectivity index (χ3n) is 5.31. The van der Waals surface area contributed by atoms with E-state index in [1.54, 1.807) is 0 Å². The molecule has 2 rings (SSSR count). The van der Waals surface area contributed by atoms with Gasteiger partial charge in [0.05, 0.1) is 5.71 Å². The average molecular weight is 374 g/mol. The van der Waals surface area contributed by atoms with E-state index in [0.717, 1.165) is 37.8 Å². The van der Waals surface area contributed by atoms with E-state index in [1.165, 1.54) is 30.4 Å². The van der Waals surface area contributed by atoms with Crippen LogP contribution in [0.4, 0.5) is 0 Å². The minimum Gasteiger partial charge on any atom is -0.591 e. The first-order valence-electron chi connectivity index (χ1n) is 9.93. The molecule has 1 aromatic carbocycles. The number of hydrogen-bond donors (Lipinski definition) is 0. The van der Waals surface area contributed by atoms with Crippen LogP contribution in [0.1, 0.15) is 76.8 Å². The second-order valence-corrected chi connectivity index (χ2v) is 10.7. The monoisotopic (exact) mass is 373 g/mol. The van der Waals surface area contributed by atoms with Gasteiger partial charge in [0, 0.05) is 5.41 Å². The van der Waals surface area contributed by atoms with Crippen molar-refractivity contribution < 1.29 is 4.55 Å². The molecule has 0 bridgehead atoms. The Morgan fingerprint density at radius 1 is 1.23 bits per heavy atom. The van der Waals surface area contributed by atoms with Crippen LogP contribution in [0.2, 0.25) is 0 Å². The largest absolute Gasteiger partial charge is 0.591 e. The molecule has 3 heteroatoms. The normalized spacial score (nSPS) is 24.7. The van der Waals surface area contributed by atoms with Crippen molar-refractivity contribution in [2.24, 2.45) is 9.81 Å². The molecular formula is C23H35NOS. The summed E-state index contributed by atoms with van der Waals surface area (Å²) in [6.07, 6.45) is 10.8. The molecule has 0 saturated heterocycles. The predicted molar refractivity (Wildman–Crippen MR) is 115 cm³/mol. The van der Waals surface area contributed by atoms with Crippen LogP contribution in [0.3, 0.4) is 0 Å². The summed E-state index contributed by atoms with van der Waals surface area (Å²) in [7, 11) is 0. The maximum Gasteiger partial charge on any atom is 0.144 e. The number of nitrogens with zero attached hydrogens (tertiary/aromatic N) is 1. The fraction of sp³-hybridized carbons (Fsp3) is 0.609. The topological polar surface area (TPSA) is 35.4 Å². The second kappa shape index (κ2) is 9.23. The molecule has 26 heavy (non-hydrogen) atoms. The summed E-state index contributed by atoms with van der Waals surface area (Å²) in [5.41, 5.74) is 3.75. The van der Waals surface area contributed by atoms with Gasteiger partial charge < -0.3 is 4.55 Å². The van der Waals surface area contributed by atoms with Gasteiger partial charge in [0.25, 0.3) is 0 Å². The summed E-state index contributed by atoms with van der Waals surface area (Å²) in [6.45, 7) is 12.2. The average Bonchev–Trinajstić information content (AvgIpc) is 2.54. The Balaban J connectivity index is 2.46. The number of allylic oxidation sites excluding steroid dienone is 1. The van der Waals surface area contributed by atoms with Gasteiger partial charge in [-0.25, -0.2) is 0 Å². The summed E-state index contributed by atoms with van der Waals surface area (Å²) in [5, 5.41) is 0. The standard InChI is InChI=1S/C23H35NOS/c1-6-15-23(18-20-13-11-12-19(2)17-20)16-10-8-7-9-14-21(23)24-26(25)22(3,4)5/h6,11-13,17H,1,7-10,14-16,18H2,2-5H3/b24-21+/t23-,26?/m1/s1. The van der Waals surface area contributed by atoms with Crippen LogP contribution in [-0.4, -0.2) is 15.0 Å². The zero-order valence-electron chi connectivity index (χ0n) is 17.0. The third kappa shape index (κ3) is 5.72. The first-order chi connectivity index (χ1) is 12.3. The SMILES string of the molecule is C=CC[C@]1(Cc2cccc(C)c2)CCCCCC/C1=N\[S+]([O-])C(C)(C)C. The van der Waals surface area contributed by atoms with Gasteiger partial charge in [-0.1, -0.05) is 59.6 Å². The Morgan fingerprint density at radius 3 is 2.62 bits per heavy atom. The van der Waals surface area contributed by atoms with Crippen LogP contribution >= 0.6 is 0 Å². The number of hydrogen-bond acceptors (Lipinski definition) is 2. The number of benzene rings is 1. The lowest BCUT2D eigenvalue weighted by molar-refractivity contribution is 0.349. The van der Waals surface area contributed by atoms with E-state index >= 15 is 0 Å². The Morgan fingerprint density at radius 2 is 1.96 bits per heavy atom. The zero-order chi connectivity index (χ0) is 19.2. The molecular weight excluding hydrogens is 338 g/mol. The zero-order valence-corrected chi connectivity index (χ0v) is 17.8. The molecule has 1 aromatic rings. The minimum atomic E-state index is -1.21. The summed E-state index contributed by atoms with van der Waals surface area (Å²) < 4.78 is 17.3. The molecule has 2 nitrogen and oxygen atoms in total. The molecule has 0 aromatic heterocycles. The Hall–Kier alpha value is -1.06. The van der Waals surface area contributed by atoms with E-state index in [2.05, 4.69) is 37.8 Å². The van der Waals surface area contributed by atoms with E-state index in [0.29, 0.717) is 0 Å². The van der Waals surface area contributed by atoms with Crippen LogP contribution in [0.5, 0.6) is 0 Å². The van der Waals surface area contributed by atoms with Crippen LogP contribution in [-0.2, 0) is 17.8 Å². The fourth-order valence-corrected chi connectivity index (χ4v) is 4.63. The van der Waals surface area contributed by atoms with E-state index < -0.39 is 11.4 Å². The molecule has 0 spiro atoms. The molecule has 0 amide bonds. The van der Waals surface area contributed by atoms with Crippen molar-refractivity contribution in [3.05, 3.63) is 48.0 Å². The van der Waals surface area contributed by atoms with Crippen molar-refractivity contribution in [2.45, 2.75) is 83.8 Å². The maximum absolute atomic E-state index is 12.8. The highest BCUT2D eigenvalue weighted by Crippen LogP contribution is 2.40. The third-order valence-corrected chi connectivity index (χ3v) is 6.74. The summed E-state index contributed by atoms with van der Waals surface area (Å²) >= 11 is -1.21. The molecule has 0 heterocycles. The Bertz CT molecular complexity index is 631. The smallest absolute Gasteiger partial charge is 0.144 e. The summed E-state index contributed by atoms with van der Waals surface area (Å²) in [6, 6.07) is 8.78. The second-order valence-electron chi connectivity index (χ2n) is 8.75. The van der Waals surface area contributed by atoms with Gasteiger partial charge >= 0.3 is 0 Å². The van der Waals surface area contributed by atoms with Crippen LogP contribution in [0.25, 0.3) is 0 Å². The number of rotatable bonds is 5. The Kier molecular flexibility index (Phi) is 7.54.